The monoisotopic (exact) mass is 428 g/mol. The Balaban J connectivity index is 1.56. The van der Waals surface area contributed by atoms with Crippen LogP contribution < -0.4 is 0 Å². The van der Waals surface area contributed by atoms with Gasteiger partial charge in [-0.25, -0.2) is 4.79 Å². The van der Waals surface area contributed by atoms with Gasteiger partial charge in [0.1, 0.15) is 0 Å². The van der Waals surface area contributed by atoms with Gasteiger partial charge in [0.25, 0.3) is 0 Å². The second kappa shape index (κ2) is 8.34. The standard InChI is InChI=1S/C28H44O3/c1-17(2)7-6-8-18(3)22-11-12-23-21-10-9-19-15-20(29)16-25(26(30)31)28(19,5)24(21)13-14-27(22,23)4/h16-19,21-24H,6-15H2,1-5H3,(H,30,31)/t18-,19?,21+,22-,23+,24+,27-,28+/m1/s1. The average Bonchev–Trinajstić information content (AvgIpc) is 3.04. The van der Waals surface area contributed by atoms with Crippen LogP contribution in [0.3, 0.4) is 0 Å². The van der Waals surface area contributed by atoms with Crippen LogP contribution in [0.25, 0.3) is 0 Å². The molecule has 0 aromatic carbocycles. The van der Waals surface area contributed by atoms with Crippen LogP contribution in [-0.2, 0) is 9.59 Å². The van der Waals surface area contributed by atoms with E-state index in [0.29, 0.717) is 29.2 Å². The lowest BCUT2D eigenvalue weighted by Gasteiger charge is -2.60. The Hall–Kier alpha value is -1.12. The van der Waals surface area contributed by atoms with E-state index in [-0.39, 0.29) is 17.1 Å². The first-order valence-electron chi connectivity index (χ1n) is 13.1. The molecule has 0 spiro atoms. The molecule has 4 rings (SSSR count). The lowest BCUT2D eigenvalue weighted by molar-refractivity contribution is -0.142. The smallest absolute Gasteiger partial charge is 0.332 e. The molecule has 1 N–H and O–H groups in total. The van der Waals surface area contributed by atoms with Crippen molar-refractivity contribution in [2.45, 2.75) is 98.8 Å². The molecule has 3 heteroatoms. The Morgan fingerprint density at radius 2 is 1.81 bits per heavy atom. The van der Waals surface area contributed by atoms with Gasteiger partial charge in [-0.2, -0.15) is 0 Å². The van der Waals surface area contributed by atoms with Crippen LogP contribution in [0.1, 0.15) is 98.8 Å². The molecule has 3 nitrogen and oxygen atoms in total. The van der Waals surface area contributed by atoms with Crippen LogP contribution in [0.15, 0.2) is 11.6 Å². The second-order valence-corrected chi connectivity index (χ2v) is 12.5. The highest BCUT2D eigenvalue weighted by atomic mass is 16.4. The van der Waals surface area contributed by atoms with E-state index in [9.17, 15) is 14.7 Å². The predicted molar refractivity (Wildman–Crippen MR) is 125 cm³/mol. The SMILES string of the molecule is CC(C)CCC[C@@H](C)[C@H]1CC[C@H]2[C@@H]3CCC4CC(=O)C=C(C(=O)O)[C@]4(C)[C@H]3CC[C@]12C. The molecule has 1 unspecified atom stereocenters. The van der Waals surface area contributed by atoms with Gasteiger partial charge in [-0.3, -0.25) is 4.79 Å². The first-order chi connectivity index (χ1) is 14.6. The van der Waals surface area contributed by atoms with Gasteiger partial charge in [-0.05, 0) is 91.4 Å². The lowest BCUT2D eigenvalue weighted by Crippen LogP contribution is -2.55. The number of rotatable bonds is 6. The molecule has 0 heterocycles. The molecule has 4 aliphatic rings. The lowest BCUT2D eigenvalue weighted by atomic mass is 9.44. The van der Waals surface area contributed by atoms with Crippen molar-refractivity contribution in [3.8, 4) is 0 Å². The quantitative estimate of drug-likeness (QED) is 0.500. The fourth-order valence-corrected chi connectivity index (χ4v) is 9.10. The van der Waals surface area contributed by atoms with Crippen molar-refractivity contribution in [1.82, 2.24) is 0 Å². The highest BCUT2D eigenvalue weighted by molar-refractivity contribution is 6.01. The number of aliphatic carboxylic acids is 1. The van der Waals surface area contributed by atoms with Crippen LogP contribution in [0.2, 0.25) is 0 Å². The average molecular weight is 429 g/mol. The number of hydrogen-bond donors (Lipinski definition) is 1. The van der Waals surface area contributed by atoms with Crippen LogP contribution in [0.4, 0.5) is 0 Å². The van der Waals surface area contributed by atoms with E-state index in [1.165, 1.54) is 51.0 Å². The maximum atomic E-state index is 12.3. The van der Waals surface area contributed by atoms with E-state index >= 15 is 0 Å². The molecule has 0 amide bonds. The highest BCUT2D eigenvalue weighted by Crippen LogP contribution is 2.68. The number of hydrogen-bond acceptors (Lipinski definition) is 2. The molecule has 174 valence electrons. The summed E-state index contributed by atoms with van der Waals surface area (Å²) in [5.74, 6) is 3.57. The molecule has 3 saturated carbocycles. The number of carboxylic acids is 1. The first kappa shape index (κ1) is 23.1. The number of ketones is 1. The molecule has 8 atom stereocenters. The fourth-order valence-electron chi connectivity index (χ4n) is 9.10. The van der Waals surface area contributed by atoms with E-state index in [4.69, 9.17) is 0 Å². The number of carbonyl (C=O) groups is 2. The summed E-state index contributed by atoms with van der Waals surface area (Å²) >= 11 is 0. The van der Waals surface area contributed by atoms with E-state index < -0.39 is 5.97 Å². The normalized spacial score (nSPS) is 43.1. The summed E-state index contributed by atoms with van der Waals surface area (Å²) in [5, 5.41) is 10.0. The van der Waals surface area contributed by atoms with Crippen LogP contribution >= 0.6 is 0 Å². The molecule has 0 saturated heterocycles. The third kappa shape index (κ3) is 3.72. The van der Waals surface area contributed by atoms with E-state index in [2.05, 4.69) is 34.6 Å². The van der Waals surface area contributed by atoms with Crippen molar-refractivity contribution in [3.05, 3.63) is 11.6 Å². The van der Waals surface area contributed by atoms with Crippen molar-refractivity contribution >= 4 is 11.8 Å². The Kier molecular flexibility index (Phi) is 6.20. The van der Waals surface area contributed by atoms with Crippen molar-refractivity contribution in [3.63, 3.8) is 0 Å². The zero-order valence-electron chi connectivity index (χ0n) is 20.5. The topological polar surface area (TPSA) is 54.4 Å². The summed E-state index contributed by atoms with van der Waals surface area (Å²) in [5.41, 5.74) is 0.508. The van der Waals surface area contributed by atoms with Crippen LogP contribution in [0.5, 0.6) is 0 Å². The minimum atomic E-state index is -0.863. The summed E-state index contributed by atoms with van der Waals surface area (Å²) in [6, 6.07) is 0. The molecule has 31 heavy (non-hydrogen) atoms. The largest absolute Gasteiger partial charge is 0.478 e. The zero-order chi connectivity index (χ0) is 22.6. The molecule has 0 aromatic heterocycles. The number of allylic oxidation sites excluding steroid dienone is 1. The van der Waals surface area contributed by atoms with E-state index in [1.54, 1.807) is 0 Å². The maximum absolute atomic E-state index is 12.3. The van der Waals surface area contributed by atoms with Crippen LogP contribution in [-0.4, -0.2) is 16.9 Å². The minimum Gasteiger partial charge on any atom is -0.478 e. The minimum absolute atomic E-state index is 0.0233. The third-order valence-electron chi connectivity index (χ3n) is 10.7. The maximum Gasteiger partial charge on any atom is 0.332 e. The Morgan fingerprint density at radius 3 is 2.48 bits per heavy atom. The number of carbonyl (C=O) groups excluding carboxylic acids is 1. The van der Waals surface area contributed by atoms with Crippen LogP contribution in [0, 0.1) is 52.3 Å². The van der Waals surface area contributed by atoms with E-state index in [0.717, 1.165) is 36.5 Å². The first-order valence-corrected chi connectivity index (χ1v) is 13.1. The Morgan fingerprint density at radius 1 is 1.06 bits per heavy atom. The summed E-state index contributed by atoms with van der Waals surface area (Å²) in [6.07, 6.45) is 13.3. The number of fused-ring (bicyclic) bond motifs is 5. The van der Waals surface area contributed by atoms with Gasteiger partial charge in [0.2, 0.25) is 0 Å². The molecule has 0 aromatic rings. The molecular formula is C28H44O3. The molecular weight excluding hydrogens is 384 g/mol. The molecule has 0 bridgehead atoms. The zero-order valence-corrected chi connectivity index (χ0v) is 20.5. The van der Waals surface area contributed by atoms with Crippen molar-refractivity contribution in [1.29, 1.82) is 0 Å². The fraction of sp³-hybridized carbons (Fsp3) is 0.857. The Labute approximate surface area is 189 Å². The van der Waals surface area contributed by atoms with Gasteiger partial charge >= 0.3 is 5.97 Å². The van der Waals surface area contributed by atoms with Gasteiger partial charge in [0.15, 0.2) is 5.78 Å². The van der Waals surface area contributed by atoms with Crippen molar-refractivity contribution in [2.75, 3.05) is 0 Å². The van der Waals surface area contributed by atoms with Gasteiger partial charge in [0.05, 0.1) is 0 Å². The molecule has 4 aliphatic carbocycles. The molecule has 0 radical (unpaired) electrons. The second-order valence-electron chi connectivity index (χ2n) is 12.5. The summed E-state index contributed by atoms with van der Waals surface area (Å²) in [7, 11) is 0. The predicted octanol–water partition coefficient (Wildman–Crippen LogP) is 6.91. The summed E-state index contributed by atoms with van der Waals surface area (Å²) in [6.45, 7) is 11.9. The van der Waals surface area contributed by atoms with Gasteiger partial charge < -0.3 is 5.11 Å². The molecule has 0 aliphatic heterocycles. The van der Waals surface area contributed by atoms with Gasteiger partial charge in [-0.1, -0.05) is 53.9 Å². The van der Waals surface area contributed by atoms with E-state index in [1.807, 2.05) is 0 Å². The van der Waals surface area contributed by atoms with Gasteiger partial charge in [0, 0.05) is 17.4 Å². The third-order valence-corrected chi connectivity index (χ3v) is 10.7. The highest BCUT2D eigenvalue weighted by Gasteiger charge is 2.62. The van der Waals surface area contributed by atoms with Gasteiger partial charge in [-0.15, -0.1) is 0 Å². The summed E-state index contributed by atoms with van der Waals surface area (Å²) < 4.78 is 0. The van der Waals surface area contributed by atoms with Crippen molar-refractivity contribution in [2.24, 2.45) is 52.3 Å². The molecule has 3 fully saturated rings. The van der Waals surface area contributed by atoms with Crippen molar-refractivity contribution < 1.29 is 14.7 Å². The summed E-state index contributed by atoms with van der Waals surface area (Å²) in [4.78, 5) is 24.5. The Bertz CT molecular complexity index is 751. The number of carboxylic acid groups (broad SMARTS) is 1.